The standard InChI is InChI=1S/C20H26N2O3/c1-22(2)19-12-13-21-16-17(19)8-6-14-24-15-7-11-20(23)25-18-9-4-3-5-10-18/h3-5,9-10,12-13,16H,6-8,11,14-15H2,1-2H3. The molecule has 0 N–H and O–H groups in total. The van der Waals surface area contributed by atoms with Crippen molar-refractivity contribution in [2.24, 2.45) is 0 Å². The molecule has 2 rings (SSSR count). The van der Waals surface area contributed by atoms with Crippen LogP contribution in [0.15, 0.2) is 48.8 Å². The smallest absolute Gasteiger partial charge is 0.311 e. The molecule has 0 atom stereocenters. The molecule has 1 heterocycles. The molecule has 2 aromatic rings. The van der Waals surface area contributed by atoms with Gasteiger partial charge in [0, 0.05) is 51.8 Å². The fourth-order valence-electron chi connectivity index (χ4n) is 2.51. The van der Waals surface area contributed by atoms with E-state index in [1.165, 1.54) is 11.3 Å². The Hall–Kier alpha value is -2.40. The van der Waals surface area contributed by atoms with Gasteiger partial charge in [-0.15, -0.1) is 0 Å². The van der Waals surface area contributed by atoms with Crippen molar-refractivity contribution in [1.82, 2.24) is 4.98 Å². The summed E-state index contributed by atoms with van der Waals surface area (Å²) in [6, 6.07) is 11.1. The van der Waals surface area contributed by atoms with Crippen LogP contribution in [0.2, 0.25) is 0 Å². The minimum Gasteiger partial charge on any atom is -0.427 e. The van der Waals surface area contributed by atoms with Gasteiger partial charge in [-0.3, -0.25) is 9.78 Å². The summed E-state index contributed by atoms with van der Waals surface area (Å²) in [6.07, 6.45) is 6.61. The van der Waals surface area contributed by atoms with Crippen LogP contribution in [0, 0.1) is 0 Å². The van der Waals surface area contributed by atoms with Crippen LogP contribution in [0.1, 0.15) is 24.8 Å². The highest BCUT2D eigenvalue weighted by Crippen LogP contribution is 2.18. The Morgan fingerprint density at radius 3 is 2.60 bits per heavy atom. The first kappa shape index (κ1) is 18.9. The summed E-state index contributed by atoms with van der Waals surface area (Å²) >= 11 is 0. The molecule has 0 aliphatic rings. The number of pyridine rings is 1. The third-order valence-electron chi connectivity index (χ3n) is 3.74. The molecular formula is C20H26N2O3. The first-order valence-corrected chi connectivity index (χ1v) is 8.60. The quantitative estimate of drug-likeness (QED) is 0.376. The largest absolute Gasteiger partial charge is 0.427 e. The highest BCUT2D eigenvalue weighted by molar-refractivity contribution is 5.72. The molecule has 0 aliphatic heterocycles. The van der Waals surface area contributed by atoms with Gasteiger partial charge in [0.2, 0.25) is 0 Å². The number of anilines is 1. The predicted molar refractivity (Wildman–Crippen MR) is 99.0 cm³/mol. The van der Waals surface area contributed by atoms with Gasteiger partial charge in [0.15, 0.2) is 0 Å². The molecule has 5 nitrogen and oxygen atoms in total. The van der Waals surface area contributed by atoms with E-state index in [1.54, 1.807) is 12.1 Å². The highest BCUT2D eigenvalue weighted by atomic mass is 16.5. The number of carbonyl (C=O) groups is 1. The topological polar surface area (TPSA) is 51.7 Å². The Morgan fingerprint density at radius 2 is 1.84 bits per heavy atom. The molecule has 5 heteroatoms. The van der Waals surface area contributed by atoms with Gasteiger partial charge in [-0.25, -0.2) is 0 Å². The first-order valence-electron chi connectivity index (χ1n) is 8.60. The molecule has 0 radical (unpaired) electrons. The molecular weight excluding hydrogens is 316 g/mol. The molecule has 0 unspecified atom stereocenters. The summed E-state index contributed by atoms with van der Waals surface area (Å²) in [5, 5.41) is 0. The Balaban J connectivity index is 1.56. The fraction of sp³-hybridized carbons (Fsp3) is 0.400. The number of para-hydroxylation sites is 1. The first-order chi connectivity index (χ1) is 12.2. The van der Waals surface area contributed by atoms with Crippen LogP contribution in [-0.4, -0.2) is 38.3 Å². The zero-order chi connectivity index (χ0) is 17.9. The van der Waals surface area contributed by atoms with E-state index in [4.69, 9.17) is 9.47 Å². The van der Waals surface area contributed by atoms with Crippen molar-refractivity contribution in [3.05, 3.63) is 54.4 Å². The lowest BCUT2D eigenvalue weighted by Crippen LogP contribution is -2.12. The van der Waals surface area contributed by atoms with Gasteiger partial charge in [0.1, 0.15) is 5.75 Å². The van der Waals surface area contributed by atoms with Crippen molar-refractivity contribution in [2.75, 3.05) is 32.2 Å². The number of ether oxygens (including phenoxy) is 2. The Labute approximate surface area is 149 Å². The maximum absolute atomic E-state index is 11.7. The highest BCUT2D eigenvalue weighted by Gasteiger charge is 2.05. The molecule has 134 valence electrons. The van der Waals surface area contributed by atoms with Crippen molar-refractivity contribution < 1.29 is 14.3 Å². The molecule has 0 bridgehead atoms. The number of esters is 1. The number of hydrogen-bond acceptors (Lipinski definition) is 5. The molecule has 0 saturated heterocycles. The van der Waals surface area contributed by atoms with Crippen LogP contribution in [0.3, 0.4) is 0 Å². The van der Waals surface area contributed by atoms with Gasteiger partial charge in [-0.2, -0.15) is 0 Å². The van der Waals surface area contributed by atoms with Crippen LogP contribution in [0.4, 0.5) is 5.69 Å². The van der Waals surface area contributed by atoms with E-state index in [-0.39, 0.29) is 5.97 Å². The van der Waals surface area contributed by atoms with Gasteiger partial charge >= 0.3 is 5.97 Å². The lowest BCUT2D eigenvalue weighted by molar-refractivity contribution is -0.134. The summed E-state index contributed by atoms with van der Waals surface area (Å²) in [6.45, 7) is 1.24. The molecule has 0 saturated carbocycles. The number of carbonyl (C=O) groups excluding carboxylic acids is 1. The zero-order valence-corrected chi connectivity index (χ0v) is 15.0. The van der Waals surface area contributed by atoms with Crippen molar-refractivity contribution in [1.29, 1.82) is 0 Å². The third kappa shape index (κ3) is 6.93. The average molecular weight is 342 g/mol. The van der Waals surface area contributed by atoms with Crippen LogP contribution in [0.5, 0.6) is 5.75 Å². The number of nitrogens with zero attached hydrogens (tertiary/aromatic N) is 2. The second-order valence-corrected chi connectivity index (χ2v) is 6.01. The van der Waals surface area contributed by atoms with Crippen LogP contribution >= 0.6 is 0 Å². The summed E-state index contributed by atoms with van der Waals surface area (Å²) in [5.74, 6) is 0.363. The van der Waals surface area contributed by atoms with E-state index < -0.39 is 0 Å². The van der Waals surface area contributed by atoms with E-state index in [0.29, 0.717) is 31.8 Å². The molecule has 0 aliphatic carbocycles. The number of aromatic nitrogens is 1. The summed E-state index contributed by atoms with van der Waals surface area (Å²) in [5.41, 5.74) is 2.42. The predicted octanol–water partition coefficient (Wildman–Crippen LogP) is 3.48. The molecule has 1 aromatic heterocycles. The Bertz CT molecular complexity index is 644. The minimum atomic E-state index is -0.221. The fourth-order valence-corrected chi connectivity index (χ4v) is 2.51. The lowest BCUT2D eigenvalue weighted by atomic mass is 10.1. The van der Waals surface area contributed by atoms with Crippen LogP contribution in [-0.2, 0) is 16.0 Å². The van der Waals surface area contributed by atoms with Crippen LogP contribution in [0.25, 0.3) is 0 Å². The molecule has 0 spiro atoms. The number of benzene rings is 1. The number of hydrogen-bond donors (Lipinski definition) is 0. The Kier molecular flexibility index (Phi) is 7.92. The second-order valence-electron chi connectivity index (χ2n) is 6.01. The maximum Gasteiger partial charge on any atom is 0.311 e. The van der Waals surface area contributed by atoms with Crippen molar-refractivity contribution in [2.45, 2.75) is 25.7 Å². The van der Waals surface area contributed by atoms with Gasteiger partial charge in [0.25, 0.3) is 0 Å². The van der Waals surface area contributed by atoms with E-state index in [0.717, 1.165) is 12.8 Å². The van der Waals surface area contributed by atoms with Crippen molar-refractivity contribution in [3.8, 4) is 5.75 Å². The van der Waals surface area contributed by atoms with E-state index >= 15 is 0 Å². The summed E-state index contributed by atoms with van der Waals surface area (Å²) < 4.78 is 10.8. The van der Waals surface area contributed by atoms with E-state index in [9.17, 15) is 4.79 Å². The second kappa shape index (κ2) is 10.5. The SMILES string of the molecule is CN(C)c1ccncc1CCCOCCCC(=O)Oc1ccccc1. The van der Waals surface area contributed by atoms with E-state index in [2.05, 4.69) is 9.88 Å². The number of aryl methyl sites for hydroxylation is 1. The zero-order valence-electron chi connectivity index (χ0n) is 15.0. The van der Waals surface area contributed by atoms with Crippen LogP contribution < -0.4 is 9.64 Å². The van der Waals surface area contributed by atoms with Crippen molar-refractivity contribution in [3.63, 3.8) is 0 Å². The van der Waals surface area contributed by atoms with Gasteiger partial charge < -0.3 is 14.4 Å². The van der Waals surface area contributed by atoms with Gasteiger partial charge in [-0.05, 0) is 43.0 Å². The molecule has 0 fully saturated rings. The van der Waals surface area contributed by atoms with Crippen molar-refractivity contribution >= 4 is 11.7 Å². The van der Waals surface area contributed by atoms with E-state index in [1.807, 2.05) is 50.8 Å². The Morgan fingerprint density at radius 1 is 1.08 bits per heavy atom. The van der Waals surface area contributed by atoms with Gasteiger partial charge in [0.05, 0.1) is 0 Å². The van der Waals surface area contributed by atoms with Gasteiger partial charge in [-0.1, -0.05) is 18.2 Å². The number of rotatable bonds is 10. The summed E-state index contributed by atoms with van der Waals surface area (Å²) in [4.78, 5) is 18.0. The lowest BCUT2D eigenvalue weighted by Gasteiger charge is -2.16. The molecule has 0 amide bonds. The summed E-state index contributed by atoms with van der Waals surface area (Å²) in [7, 11) is 4.06. The molecule has 25 heavy (non-hydrogen) atoms. The normalized spacial score (nSPS) is 10.5. The monoisotopic (exact) mass is 342 g/mol. The average Bonchev–Trinajstić information content (AvgIpc) is 2.62. The third-order valence-corrected chi connectivity index (χ3v) is 3.74. The maximum atomic E-state index is 11.7. The minimum absolute atomic E-state index is 0.221. The molecule has 1 aromatic carbocycles.